The van der Waals surface area contributed by atoms with Crippen LogP contribution >= 0.6 is 0 Å². The van der Waals surface area contributed by atoms with Gasteiger partial charge in [0.25, 0.3) is 0 Å². The normalized spacial score (nSPS) is 11.2. The molecule has 0 aliphatic rings. The molecule has 0 atom stereocenters. The lowest BCUT2D eigenvalue weighted by atomic mass is 10.1. The molecule has 0 saturated carbocycles. The second kappa shape index (κ2) is 6.62. The van der Waals surface area contributed by atoms with Gasteiger partial charge >= 0.3 is 0 Å². The Hall–Kier alpha value is -0.830. The highest BCUT2D eigenvalue weighted by Crippen LogP contribution is 1.98. The molecule has 1 aromatic rings. The van der Waals surface area contributed by atoms with Gasteiger partial charge in [-0.2, -0.15) is 0 Å². The zero-order valence-corrected chi connectivity index (χ0v) is 10.1. The first-order valence-electron chi connectivity index (χ1n) is 5.85. The number of imidazole rings is 1. The standard InChI is InChI=1S/C12H23N2O/c1-4-6-13-7-8-14(10-13)11-15-9-5-12(2)3/h7-8,10,12H,4-6,9,11H2,1-3H3/q+1. The van der Waals surface area contributed by atoms with Crippen molar-refractivity contribution in [2.45, 2.75) is 46.9 Å². The van der Waals surface area contributed by atoms with Crippen molar-refractivity contribution < 1.29 is 9.30 Å². The van der Waals surface area contributed by atoms with Crippen LogP contribution in [0.15, 0.2) is 18.7 Å². The summed E-state index contributed by atoms with van der Waals surface area (Å²) in [5, 5.41) is 0. The minimum atomic E-state index is 0.670. The Balaban J connectivity index is 2.19. The SMILES string of the molecule is CCCn1cc[n+](COCCC(C)C)c1. The predicted molar refractivity (Wildman–Crippen MR) is 60.3 cm³/mol. The smallest absolute Gasteiger partial charge is 0.245 e. The number of aryl methyl sites for hydroxylation is 1. The van der Waals surface area contributed by atoms with E-state index >= 15 is 0 Å². The summed E-state index contributed by atoms with van der Waals surface area (Å²) in [6.07, 6.45) is 8.55. The van der Waals surface area contributed by atoms with Crippen molar-refractivity contribution in [3.05, 3.63) is 18.7 Å². The van der Waals surface area contributed by atoms with Crippen LogP contribution in [0.5, 0.6) is 0 Å². The zero-order valence-electron chi connectivity index (χ0n) is 10.1. The van der Waals surface area contributed by atoms with E-state index in [-0.39, 0.29) is 0 Å². The molecule has 0 radical (unpaired) electrons. The van der Waals surface area contributed by atoms with Gasteiger partial charge in [0.05, 0.1) is 13.2 Å². The molecule has 0 saturated heterocycles. The zero-order chi connectivity index (χ0) is 11.1. The van der Waals surface area contributed by atoms with Gasteiger partial charge in [-0.3, -0.25) is 0 Å². The first-order chi connectivity index (χ1) is 7.22. The molecule has 0 amide bonds. The van der Waals surface area contributed by atoms with Gasteiger partial charge in [0.15, 0.2) is 6.73 Å². The van der Waals surface area contributed by atoms with Crippen molar-refractivity contribution >= 4 is 0 Å². The van der Waals surface area contributed by atoms with Crippen LogP contribution in [0, 0.1) is 5.92 Å². The van der Waals surface area contributed by atoms with Crippen molar-refractivity contribution in [3.63, 3.8) is 0 Å². The van der Waals surface area contributed by atoms with E-state index in [1.54, 1.807) is 0 Å². The van der Waals surface area contributed by atoms with Gasteiger partial charge in [-0.05, 0) is 18.8 Å². The molecular formula is C12H23N2O+. The summed E-state index contributed by atoms with van der Waals surface area (Å²) in [4.78, 5) is 0. The average Bonchev–Trinajstić information content (AvgIpc) is 2.61. The van der Waals surface area contributed by atoms with E-state index in [1.807, 2.05) is 0 Å². The fraction of sp³-hybridized carbons (Fsp3) is 0.750. The van der Waals surface area contributed by atoms with Gasteiger partial charge in [-0.1, -0.05) is 20.8 Å². The van der Waals surface area contributed by atoms with Crippen LogP contribution in [0.25, 0.3) is 0 Å². The molecule has 0 fully saturated rings. The van der Waals surface area contributed by atoms with Crippen LogP contribution in [0.1, 0.15) is 33.6 Å². The van der Waals surface area contributed by atoms with Gasteiger partial charge < -0.3 is 4.74 Å². The summed E-state index contributed by atoms with van der Waals surface area (Å²) < 4.78 is 9.84. The van der Waals surface area contributed by atoms with E-state index in [2.05, 4.69) is 48.6 Å². The molecule has 15 heavy (non-hydrogen) atoms. The largest absolute Gasteiger partial charge is 0.342 e. The van der Waals surface area contributed by atoms with Crippen LogP contribution < -0.4 is 4.57 Å². The minimum Gasteiger partial charge on any atom is -0.342 e. The molecule has 0 bridgehead atoms. The van der Waals surface area contributed by atoms with E-state index in [4.69, 9.17) is 4.74 Å². The summed E-state index contributed by atoms with van der Waals surface area (Å²) in [6, 6.07) is 0. The van der Waals surface area contributed by atoms with E-state index in [1.165, 1.54) is 6.42 Å². The fourth-order valence-corrected chi connectivity index (χ4v) is 1.39. The molecule has 0 aliphatic heterocycles. The molecular weight excluding hydrogens is 188 g/mol. The maximum atomic E-state index is 5.57. The molecule has 3 heteroatoms. The highest BCUT2D eigenvalue weighted by Gasteiger charge is 2.02. The summed E-state index contributed by atoms with van der Waals surface area (Å²) in [7, 11) is 0. The summed E-state index contributed by atoms with van der Waals surface area (Å²) >= 11 is 0. The molecule has 0 spiro atoms. The van der Waals surface area contributed by atoms with Gasteiger partial charge in [0.1, 0.15) is 12.4 Å². The van der Waals surface area contributed by atoms with Crippen LogP contribution in [0.2, 0.25) is 0 Å². The molecule has 0 N–H and O–H groups in total. The molecule has 0 unspecified atom stereocenters. The molecule has 3 nitrogen and oxygen atoms in total. The lowest BCUT2D eigenvalue weighted by Gasteiger charge is -2.03. The van der Waals surface area contributed by atoms with E-state index < -0.39 is 0 Å². The number of hydrogen-bond acceptors (Lipinski definition) is 1. The number of nitrogens with zero attached hydrogens (tertiary/aromatic N) is 2. The molecule has 1 aromatic heterocycles. The Morgan fingerprint density at radius 1 is 1.40 bits per heavy atom. The third-order valence-electron chi connectivity index (χ3n) is 2.31. The van der Waals surface area contributed by atoms with Crippen LogP contribution in [-0.2, 0) is 18.0 Å². The second-order valence-corrected chi connectivity index (χ2v) is 4.39. The van der Waals surface area contributed by atoms with Gasteiger partial charge in [0, 0.05) is 0 Å². The Bertz CT molecular complexity index is 268. The Kier molecular flexibility index (Phi) is 5.40. The molecule has 0 aliphatic carbocycles. The van der Waals surface area contributed by atoms with Crippen LogP contribution in [0.3, 0.4) is 0 Å². The minimum absolute atomic E-state index is 0.670. The first kappa shape index (κ1) is 12.2. The number of ether oxygens (including phenoxy) is 1. The summed E-state index contributed by atoms with van der Waals surface area (Å²) in [5.41, 5.74) is 0. The third-order valence-corrected chi connectivity index (χ3v) is 2.31. The second-order valence-electron chi connectivity index (χ2n) is 4.39. The highest BCUT2D eigenvalue weighted by molar-refractivity contribution is 4.65. The predicted octanol–water partition coefficient (Wildman–Crippen LogP) is 2.21. The maximum Gasteiger partial charge on any atom is 0.245 e. The lowest BCUT2D eigenvalue weighted by molar-refractivity contribution is -0.732. The number of hydrogen-bond donors (Lipinski definition) is 0. The van der Waals surface area contributed by atoms with Gasteiger partial charge in [-0.15, -0.1) is 0 Å². The fourth-order valence-electron chi connectivity index (χ4n) is 1.39. The topological polar surface area (TPSA) is 18.0 Å². The third kappa shape index (κ3) is 4.98. The molecule has 1 heterocycles. The quantitative estimate of drug-likeness (QED) is 0.499. The van der Waals surface area contributed by atoms with Gasteiger partial charge in [0.2, 0.25) is 6.33 Å². The van der Waals surface area contributed by atoms with E-state index in [0.717, 1.165) is 25.5 Å². The molecule has 1 rings (SSSR count). The summed E-state index contributed by atoms with van der Waals surface area (Å²) in [6.45, 7) is 9.22. The monoisotopic (exact) mass is 211 g/mol. The maximum absolute atomic E-state index is 5.57. The number of rotatable bonds is 7. The van der Waals surface area contributed by atoms with Crippen molar-refractivity contribution in [1.82, 2.24) is 4.57 Å². The molecule has 86 valence electrons. The Morgan fingerprint density at radius 2 is 2.20 bits per heavy atom. The Morgan fingerprint density at radius 3 is 2.87 bits per heavy atom. The van der Waals surface area contributed by atoms with Crippen molar-refractivity contribution in [3.8, 4) is 0 Å². The van der Waals surface area contributed by atoms with E-state index in [0.29, 0.717) is 6.73 Å². The first-order valence-corrected chi connectivity index (χ1v) is 5.85. The summed E-state index contributed by atoms with van der Waals surface area (Å²) in [5.74, 6) is 0.722. The molecule has 0 aromatic carbocycles. The van der Waals surface area contributed by atoms with Crippen molar-refractivity contribution in [2.75, 3.05) is 6.61 Å². The van der Waals surface area contributed by atoms with Crippen LogP contribution in [0.4, 0.5) is 0 Å². The Labute approximate surface area is 92.7 Å². The van der Waals surface area contributed by atoms with Crippen LogP contribution in [-0.4, -0.2) is 11.2 Å². The van der Waals surface area contributed by atoms with Crippen molar-refractivity contribution in [1.29, 1.82) is 0 Å². The highest BCUT2D eigenvalue weighted by atomic mass is 16.5. The van der Waals surface area contributed by atoms with E-state index in [9.17, 15) is 0 Å². The van der Waals surface area contributed by atoms with Crippen molar-refractivity contribution in [2.24, 2.45) is 5.92 Å². The lowest BCUT2D eigenvalue weighted by Crippen LogP contribution is -2.32. The van der Waals surface area contributed by atoms with Gasteiger partial charge in [-0.25, -0.2) is 9.13 Å². The number of aromatic nitrogens is 2. The average molecular weight is 211 g/mol.